The predicted molar refractivity (Wildman–Crippen MR) is 110 cm³/mol. The van der Waals surface area contributed by atoms with Crippen LogP contribution in [0.5, 0.6) is 5.75 Å². The minimum absolute atomic E-state index is 0.431. The summed E-state index contributed by atoms with van der Waals surface area (Å²) in [6.45, 7) is 11.4. The number of para-hydroxylation sites is 2. The molecule has 1 heterocycles. The lowest BCUT2D eigenvalue weighted by Gasteiger charge is -2.19. The molecule has 0 atom stereocenters. The summed E-state index contributed by atoms with van der Waals surface area (Å²) in [7, 11) is 0. The molecule has 4 heteroatoms. The molecule has 1 N–H and O–H groups in total. The van der Waals surface area contributed by atoms with Crippen LogP contribution in [0.25, 0.3) is 11.0 Å². The fraction of sp³-hybridized carbons (Fsp3) is 0.435. The highest BCUT2D eigenvalue weighted by atomic mass is 16.5. The molecule has 27 heavy (non-hydrogen) atoms. The molecule has 0 spiro atoms. The van der Waals surface area contributed by atoms with E-state index >= 15 is 0 Å². The first kappa shape index (κ1) is 19.4. The molecular weight excluding hydrogens is 336 g/mol. The van der Waals surface area contributed by atoms with Crippen LogP contribution < -0.4 is 4.74 Å². The SMILES string of the molecule is Cc1ccc(C(C)C)c(OCCCn2c(C(C)(C)O)nc3ccccc32)c1. The summed E-state index contributed by atoms with van der Waals surface area (Å²) in [5.41, 5.74) is 3.43. The van der Waals surface area contributed by atoms with Crippen molar-refractivity contribution in [2.24, 2.45) is 0 Å². The van der Waals surface area contributed by atoms with Gasteiger partial charge in [-0.1, -0.05) is 38.1 Å². The van der Waals surface area contributed by atoms with E-state index in [1.807, 2.05) is 18.2 Å². The van der Waals surface area contributed by atoms with E-state index < -0.39 is 5.60 Å². The number of aryl methyl sites for hydroxylation is 2. The summed E-state index contributed by atoms with van der Waals surface area (Å²) >= 11 is 0. The second kappa shape index (κ2) is 7.73. The van der Waals surface area contributed by atoms with E-state index in [-0.39, 0.29) is 0 Å². The van der Waals surface area contributed by atoms with Crippen LogP contribution >= 0.6 is 0 Å². The van der Waals surface area contributed by atoms with Gasteiger partial charge in [0.1, 0.15) is 17.2 Å². The Morgan fingerprint density at radius 3 is 2.59 bits per heavy atom. The number of fused-ring (bicyclic) bond motifs is 1. The zero-order chi connectivity index (χ0) is 19.6. The Kier molecular flexibility index (Phi) is 5.56. The van der Waals surface area contributed by atoms with Crippen LogP contribution in [0.3, 0.4) is 0 Å². The number of imidazole rings is 1. The molecule has 3 rings (SSSR count). The van der Waals surface area contributed by atoms with Crippen LogP contribution in [0, 0.1) is 6.92 Å². The molecule has 3 aromatic rings. The van der Waals surface area contributed by atoms with Crippen LogP contribution in [0.4, 0.5) is 0 Å². The summed E-state index contributed by atoms with van der Waals surface area (Å²) in [5, 5.41) is 10.5. The number of aromatic nitrogens is 2. The first-order chi connectivity index (χ1) is 12.8. The first-order valence-electron chi connectivity index (χ1n) is 9.69. The van der Waals surface area contributed by atoms with Gasteiger partial charge in [-0.3, -0.25) is 0 Å². The minimum atomic E-state index is -0.985. The summed E-state index contributed by atoms with van der Waals surface area (Å²) in [4.78, 5) is 4.64. The third kappa shape index (κ3) is 4.33. The second-order valence-corrected chi connectivity index (χ2v) is 8.03. The van der Waals surface area contributed by atoms with E-state index in [4.69, 9.17) is 4.74 Å². The van der Waals surface area contributed by atoms with Gasteiger partial charge in [0.2, 0.25) is 0 Å². The number of rotatable bonds is 7. The second-order valence-electron chi connectivity index (χ2n) is 8.03. The average molecular weight is 367 g/mol. The van der Waals surface area contributed by atoms with Gasteiger partial charge in [0, 0.05) is 6.54 Å². The molecule has 4 nitrogen and oxygen atoms in total. The van der Waals surface area contributed by atoms with Crippen LogP contribution in [0.1, 0.15) is 57.0 Å². The lowest BCUT2D eigenvalue weighted by molar-refractivity contribution is 0.0649. The smallest absolute Gasteiger partial charge is 0.141 e. The third-order valence-corrected chi connectivity index (χ3v) is 4.78. The molecule has 144 valence electrons. The lowest BCUT2D eigenvalue weighted by Crippen LogP contribution is -2.22. The molecule has 0 aliphatic heterocycles. The Bertz CT molecular complexity index is 920. The van der Waals surface area contributed by atoms with Gasteiger partial charge in [-0.2, -0.15) is 0 Å². The number of ether oxygens (including phenoxy) is 1. The van der Waals surface area contributed by atoms with Crippen molar-refractivity contribution in [2.75, 3.05) is 6.61 Å². The molecule has 0 amide bonds. The third-order valence-electron chi connectivity index (χ3n) is 4.78. The molecule has 0 saturated heterocycles. The Hall–Kier alpha value is -2.33. The maximum atomic E-state index is 10.5. The van der Waals surface area contributed by atoms with Crippen molar-refractivity contribution >= 4 is 11.0 Å². The normalized spacial score (nSPS) is 12.1. The maximum absolute atomic E-state index is 10.5. The molecule has 0 saturated carbocycles. The molecular formula is C23H30N2O2. The minimum Gasteiger partial charge on any atom is -0.493 e. The van der Waals surface area contributed by atoms with Gasteiger partial charge in [0.05, 0.1) is 17.6 Å². The highest BCUT2D eigenvalue weighted by Crippen LogP contribution is 2.28. The largest absolute Gasteiger partial charge is 0.493 e. The van der Waals surface area contributed by atoms with Crippen molar-refractivity contribution < 1.29 is 9.84 Å². The number of benzene rings is 2. The van der Waals surface area contributed by atoms with E-state index in [9.17, 15) is 5.11 Å². The van der Waals surface area contributed by atoms with Crippen molar-refractivity contribution in [1.82, 2.24) is 9.55 Å². The molecule has 2 aromatic carbocycles. The van der Waals surface area contributed by atoms with Gasteiger partial charge in [-0.15, -0.1) is 0 Å². The van der Waals surface area contributed by atoms with Crippen molar-refractivity contribution in [3.63, 3.8) is 0 Å². The molecule has 1 aromatic heterocycles. The van der Waals surface area contributed by atoms with Crippen molar-refractivity contribution in [2.45, 2.75) is 59.1 Å². The van der Waals surface area contributed by atoms with E-state index in [2.05, 4.69) is 54.6 Å². The average Bonchev–Trinajstić information content (AvgIpc) is 2.97. The molecule has 0 unspecified atom stereocenters. The summed E-state index contributed by atoms with van der Waals surface area (Å²) in [6.07, 6.45) is 0.842. The van der Waals surface area contributed by atoms with Gasteiger partial charge in [0.15, 0.2) is 0 Å². The first-order valence-corrected chi connectivity index (χ1v) is 9.69. The van der Waals surface area contributed by atoms with Crippen molar-refractivity contribution in [3.8, 4) is 5.75 Å². The molecule has 0 fully saturated rings. The van der Waals surface area contributed by atoms with Crippen LogP contribution in [-0.2, 0) is 12.1 Å². The van der Waals surface area contributed by atoms with Crippen molar-refractivity contribution in [3.05, 3.63) is 59.4 Å². The maximum Gasteiger partial charge on any atom is 0.141 e. The number of hydrogen-bond acceptors (Lipinski definition) is 3. The van der Waals surface area contributed by atoms with E-state index in [0.717, 1.165) is 29.7 Å². The van der Waals surface area contributed by atoms with Gasteiger partial charge < -0.3 is 14.4 Å². The molecule has 0 aliphatic carbocycles. The zero-order valence-electron chi connectivity index (χ0n) is 17.0. The Labute approximate surface area is 161 Å². The van der Waals surface area contributed by atoms with Gasteiger partial charge in [-0.05, 0) is 62.4 Å². The van der Waals surface area contributed by atoms with Crippen LogP contribution in [-0.4, -0.2) is 21.3 Å². The molecule has 0 aliphatic rings. The number of aliphatic hydroxyl groups is 1. The van der Waals surface area contributed by atoms with E-state index in [1.54, 1.807) is 13.8 Å². The zero-order valence-corrected chi connectivity index (χ0v) is 17.0. The Balaban J connectivity index is 1.74. The predicted octanol–water partition coefficient (Wildman–Crippen LogP) is 5.16. The molecule has 0 radical (unpaired) electrons. The number of nitrogens with zero attached hydrogens (tertiary/aromatic N) is 2. The topological polar surface area (TPSA) is 47.3 Å². The van der Waals surface area contributed by atoms with E-state index in [1.165, 1.54) is 11.1 Å². The molecule has 0 bridgehead atoms. The fourth-order valence-corrected chi connectivity index (χ4v) is 3.42. The Morgan fingerprint density at radius 1 is 1.15 bits per heavy atom. The number of hydrogen-bond donors (Lipinski definition) is 1. The lowest BCUT2D eigenvalue weighted by atomic mass is 10.0. The standard InChI is InChI=1S/C23H30N2O2/c1-16(2)18-12-11-17(3)15-21(18)27-14-8-13-25-20-10-7-6-9-19(20)24-22(25)23(4,5)26/h6-7,9-12,15-16,26H,8,13-14H2,1-5H3. The highest BCUT2D eigenvalue weighted by Gasteiger charge is 2.24. The highest BCUT2D eigenvalue weighted by molar-refractivity contribution is 5.76. The van der Waals surface area contributed by atoms with Crippen LogP contribution in [0.15, 0.2) is 42.5 Å². The Morgan fingerprint density at radius 2 is 1.89 bits per heavy atom. The summed E-state index contributed by atoms with van der Waals surface area (Å²) in [5.74, 6) is 2.10. The fourth-order valence-electron chi connectivity index (χ4n) is 3.42. The summed E-state index contributed by atoms with van der Waals surface area (Å²) < 4.78 is 8.23. The quantitative estimate of drug-likeness (QED) is 0.587. The monoisotopic (exact) mass is 366 g/mol. The van der Waals surface area contributed by atoms with Crippen LogP contribution in [0.2, 0.25) is 0 Å². The van der Waals surface area contributed by atoms with Crippen molar-refractivity contribution in [1.29, 1.82) is 0 Å². The van der Waals surface area contributed by atoms with E-state index in [0.29, 0.717) is 18.3 Å². The van der Waals surface area contributed by atoms with Gasteiger partial charge in [0.25, 0.3) is 0 Å². The van der Waals surface area contributed by atoms with Gasteiger partial charge >= 0.3 is 0 Å². The summed E-state index contributed by atoms with van der Waals surface area (Å²) in [6, 6.07) is 14.4. The van der Waals surface area contributed by atoms with Gasteiger partial charge in [-0.25, -0.2) is 4.98 Å².